The number of anilines is 1. The Morgan fingerprint density at radius 1 is 1.00 bits per heavy atom. The highest BCUT2D eigenvalue weighted by Gasteiger charge is 2.31. The SMILES string of the molecule is COc1cccc(OC)c1-n1c(-c2ccc(C)o2)nnc1N(CCS(C)(C)C)S(C)(=O)=O. The van der Waals surface area contributed by atoms with Gasteiger partial charge in [0.2, 0.25) is 21.8 Å². The van der Waals surface area contributed by atoms with Crippen LogP contribution in [0, 0.1) is 6.92 Å². The van der Waals surface area contributed by atoms with Crippen molar-refractivity contribution in [2.75, 3.05) is 55.8 Å². The number of para-hydroxylation sites is 1. The standard InChI is InChI=1S/C21H30N4O5S2/c1-15-11-12-18(30-15)20-22-23-21(24(32(7,26)27)13-14-31(4,5)6)25(20)19-16(28-2)9-8-10-17(19)29-3/h8-12H,13-14H2,1-7H3. The molecule has 0 fully saturated rings. The van der Waals surface area contributed by atoms with Crippen LogP contribution in [0.15, 0.2) is 34.7 Å². The van der Waals surface area contributed by atoms with Crippen molar-refractivity contribution in [2.45, 2.75) is 6.92 Å². The molecule has 0 aliphatic rings. The molecule has 176 valence electrons. The van der Waals surface area contributed by atoms with Crippen LogP contribution in [-0.4, -0.2) is 74.7 Å². The molecule has 0 saturated carbocycles. The van der Waals surface area contributed by atoms with Crippen LogP contribution in [0.4, 0.5) is 5.95 Å². The minimum absolute atomic E-state index is 0.142. The van der Waals surface area contributed by atoms with E-state index in [0.717, 1.165) is 0 Å². The van der Waals surface area contributed by atoms with E-state index in [1.54, 1.807) is 28.8 Å². The first-order valence-electron chi connectivity index (χ1n) is 9.83. The van der Waals surface area contributed by atoms with Gasteiger partial charge in [-0.3, -0.25) is 4.57 Å². The zero-order chi connectivity index (χ0) is 23.7. The lowest BCUT2D eigenvalue weighted by Gasteiger charge is -2.29. The molecule has 0 aliphatic carbocycles. The molecule has 2 heterocycles. The van der Waals surface area contributed by atoms with E-state index < -0.39 is 20.1 Å². The summed E-state index contributed by atoms with van der Waals surface area (Å²) in [6.45, 7) is 2.09. The Morgan fingerprint density at radius 3 is 2.09 bits per heavy atom. The Balaban J connectivity index is 2.33. The van der Waals surface area contributed by atoms with Crippen LogP contribution >= 0.6 is 10.0 Å². The lowest BCUT2D eigenvalue weighted by atomic mass is 10.2. The van der Waals surface area contributed by atoms with Crippen LogP contribution in [-0.2, 0) is 10.0 Å². The first-order valence-corrected chi connectivity index (χ1v) is 14.7. The number of aromatic nitrogens is 3. The van der Waals surface area contributed by atoms with Crippen molar-refractivity contribution in [3.8, 4) is 28.8 Å². The maximum atomic E-state index is 12.9. The molecule has 0 atom stereocenters. The van der Waals surface area contributed by atoms with Gasteiger partial charge in [-0.2, -0.15) is 0 Å². The zero-order valence-electron chi connectivity index (χ0n) is 19.4. The van der Waals surface area contributed by atoms with E-state index in [0.29, 0.717) is 40.3 Å². The molecule has 3 rings (SSSR count). The van der Waals surface area contributed by atoms with Gasteiger partial charge in [0.15, 0.2) is 5.76 Å². The third kappa shape index (κ3) is 5.04. The van der Waals surface area contributed by atoms with Crippen molar-refractivity contribution in [1.82, 2.24) is 14.8 Å². The normalized spacial score (nSPS) is 12.6. The summed E-state index contributed by atoms with van der Waals surface area (Å²) in [5.74, 6) is 3.28. The average Bonchev–Trinajstić information content (AvgIpc) is 3.31. The van der Waals surface area contributed by atoms with Crippen molar-refractivity contribution in [3.63, 3.8) is 0 Å². The summed E-state index contributed by atoms with van der Waals surface area (Å²) in [5, 5.41) is 8.61. The number of hydrogen-bond donors (Lipinski definition) is 0. The smallest absolute Gasteiger partial charge is 0.246 e. The van der Waals surface area contributed by atoms with Crippen molar-refractivity contribution < 1.29 is 22.3 Å². The van der Waals surface area contributed by atoms with Crippen LogP contribution in [0.3, 0.4) is 0 Å². The number of furan rings is 1. The predicted molar refractivity (Wildman–Crippen MR) is 129 cm³/mol. The number of sulfonamides is 1. The number of hydrogen-bond acceptors (Lipinski definition) is 7. The Morgan fingerprint density at radius 2 is 1.62 bits per heavy atom. The molecular formula is C21H30N4O5S2. The van der Waals surface area contributed by atoms with Crippen LogP contribution < -0.4 is 13.8 Å². The van der Waals surface area contributed by atoms with Crippen LogP contribution in [0.2, 0.25) is 0 Å². The van der Waals surface area contributed by atoms with Crippen LogP contribution in [0.1, 0.15) is 5.76 Å². The molecule has 0 bridgehead atoms. The summed E-state index contributed by atoms with van der Waals surface area (Å²) in [6, 6.07) is 8.90. The second kappa shape index (κ2) is 9.07. The topological polar surface area (TPSA) is 99.7 Å². The fraction of sp³-hybridized carbons (Fsp3) is 0.429. The third-order valence-corrected chi connectivity index (χ3v) is 7.32. The molecule has 3 aromatic rings. The third-order valence-electron chi connectivity index (χ3n) is 4.76. The van der Waals surface area contributed by atoms with Crippen molar-refractivity contribution in [1.29, 1.82) is 0 Å². The Hall–Kier alpha value is -2.66. The molecule has 0 N–H and O–H groups in total. The fourth-order valence-corrected chi connectivity index (χ4v) is 4.86. The number of rotatable bonds is 9. The van der Waals surface area contributed by atoms with Gasteiger partial charge in [0.05, 0.1) is 20.5 Å². The van der Waals surface area contributed by atoms with Gasteiger partial charge in [-0.15, -0.1) is 10.2 Å². The number of ether oxygens (including phenoxy) is 2. The van der Waals surface area contributed by atoms with E-state index in [4.69, 9.17) is 13.9 Å². The molecule has 0 aliphatic heterocycles. The second-order valence-corrected chi connectivity index (χ2v) is 14.7. The van der Waals surface area contributed by atoms with Gasteiger partial charge in [0.1, 0.15) is 22.9 Å². The predicted octanol–water partition coefficient (Wildman–Crippen LogP) is 3.31. The molecule has 2 aromatic heterocycles. The summed E-state index contributed by atoms with van der Waals surface area (Å²) < 4.78 is 45.6. The zero-order valence-corrected chi connectivity index (χ0v) is 21.1. The molecule has 0 saturated heterocycles. The van der Waals surface area contributed by atoms with Gasteiger partial charge in [0, 0.05) is 6.54 Å². The molecule has 1 aromatic carbocycles. The monoisotopic (exact) mass is 482 g/mol. The first kappa shape index (κ1) is 24.0. The van der Waals surface area contributed by atoms with E-state index >= 15 is 0 Å². The lowest BCUT2D eigenvalue weighted by Crippen LogP contribution is -2.35. The summed E-state index contributed by atoms with van der Waals surface area (Å²) >= 11 is 0. The van der Waals surface area contributed by atoms with Crippen LogP contribution in [0.5, 0.6) is 11.5 Å². The maximum absolute atomic E-state index is 12.9. The quantitative estimate of drug-likeness (QED) is 0.461. The largest absolute Gasteiger partial charge is 0.494 e. The Labute approximate surface area is 190 Å². The molecular weight excluding hydrogens is 452 g/mol. The Kier molecular flexibility index (Phi) is 6.80. The van der Waals surface area contributed by atoms with Gasteiger partial charge >= 0.3 is 0 Å². The van der Waals surface area contributed by atoms with E-state index in [1.807, 2.05) is 13.0 Å². The number of nitrogens with zero attached hydrogens (tertiary/aromatic N) is 4. The van der Waals surface area contributed by atoms with Crippen molar-refractivity contribution >= 4 is 26.0 Å². The van der Waals surface area contributed by atoms with Gasteiger partial charge < -0.3 is 13.9 Å². The lowest BCUT2D eigenvalue weighted by molar-refractivity contribution is 0.391. The number of methoxy groups -OCH3 is 2. The fourth-order valence-electron chi connectivity index (χ4n) is 3.18. The minimum atomic E-state index is -3.66. The van der Waals surface area contributed by atoms with E-state index in [9.17, 15) is 8.42 Å². The molecule has 9 nitrogen and oxygen atoms in total. The maximum Gasteiger partial charge on any atom is 0.246 e. The summed E-state index contributed by atoms with van der Waals surface area (Å²) in [6.07, 6.45) is 7.58. The average molecular weight is 483 g/mol. The molecule has 11 heteroatoms. The van der Waals surface area contributed by atoms with Crippen molar-refractivity contribution in [3.05, 3.63) is 36.1 Å². The van der Waals surface area contributed by atoms with Crippen LogP contribution in [0.25, 0.3) is 17.3 Å². The van der Waals surface area contributed by atoms with Gasteiger partial charge in [-0.25, -0.2) is 22.8 Å². The molecule has 32 heavy (non-hydrogen) atoms. The highest BCUT2D eigenvalue weighted by atomic mass is 32.3. The van der Waals surface area contributed by atoms with Gasteiger partial charge in [-0.05, 0) is 55.7 Å². The summed E-state index contributed by atoms with van der Waals surface area (Å²) in [4.78, 5) is 0. The second-order valence-electron chi connectivity index (χ2n) is 8.21. The molecule has 0 spiro atoms. The molecule has 0 unspecified atom stereocenters. The number of aryl methyl sites for hydroxylation is 1. The van der Waals surface area contributed by atoms with Gasteiger partial charge in [0.25, 0.3) is 0 Å². The minimum Gasteiger partial charge on any atom is -0.494 e. The summed E-state index contributed by atoms with van der Waals surface area (Å²) in [5.41, 5.74) is 0.485. The molecule has 0 radical (unpaired) electrons. The Bertz CT molecular complexity index is 1170. The first-order chi connectivity index (χ1) is 15.0. The van der Waals surface area contributed by atoms with Crippen molar-refractivity contribution in [2.24, 2.45) is 0 Å². The molecule has 0 amide bonds. The summed E-state index contributed by atoms with van der Waals surface area (Å²) in [7, 11) is -1.55. The van der Waals surface area contributed by atoms with E-state index in [2.05, 4.69) is 29.0 Å². The van der Waals surface area contributed by atoms with E-state index in [-0.39, 0.29) is 12.5 Å². The highest BCUT2D eigenvalue weighted by molar-refractivity contribution is 8.32. The number of benzene rings is 1. The highest BCUT2D eigenvalue weighted by Crippen LogP contribution is 2.40. The van der Waals surface area contributed by atoms with Gasteiger partial charge in [-0.1, -0.05) is 6.07 Å². The van der Waals surface area contributed by atoms with E-state index in [1.165, 1.54) is 24.8 Å².